The molecule has 1 amide bonds. The number of pyridine rings is 1. The number of aryl methyl sites for hydroxylation is 1. The van der Waals surface area contributed by atoms with Gasteiger partial charge >= 0.3 is 6.09 Å². The monoisotopic (exact) mass is 437 g/mol. The molecule has 2 heterocycles. The highest BCUT2D eigenvalue weighted by Crippen LogP contribution is 2.36. The van der Waals surface area contributed by atoms with E-state index in [1.165, 1.54) is 6.07 Å². The van der Waals surface area contributed by atoms with Crippen molar-refractivity contribution in [1.82, 2.24) is 9.88 Å². The van der Waals surface area contributed by atoms with E-state index < -0.39 is 5.60 Å². The van der Waals surface area contributed by atoms with Crippen LogP contribution in [0.2, 0.25) is 0 Å². The zero-order valence-electron chi connectivity index (χ0n) is 18.8. The van der Waals surface area contributed by atoms with E-state index in [-0.39, 0.29) is 18.0 Å². The van der Waals surface area contributed by atoms with Gasteiger partial charge in [0.2, 0.25) is 0 Å². The van der Waals surface area contributed by atoms with E-state index in [0.29, 0.717) is 42.2 Å². The fourth-order valence-electron chi connectivity index (χ4n) is 3.97. The molecule has 1 aliphatic heterocycles. The van der Waals surface area contributed by atoms with Crippen molar-refractivity contribution in [3.8, 4) is 16.9 Å². The van der Waals surface area contributed by atoms with Crippen molar-refractivity contribution in [2.75, 3.05) is 18.8 Å². The Morgan fingerprint density at radius 1 is 1.25 bits per heavy atom. The minimum absolute atomic E-state index is 0.211. The van der Waals surface area contributed by atoms with E-state index >= 15 is 0 Å². The number of amides is 1. The number of carbonyl (C=O) groups is 1. The fourth-order valence-corrected chi connectivity index (χ4v) is 3.97. The molecular weight excluding hydrogens is 409 g/mol. The standard InChI is InChI=1S/C25H28FN3O3/c1-15-6-5-7-20(26)23(15)16-10-17-13-28-22(27)12-19(17)21(11-16)31-18-8-9-29(14-18)24(30)32-25(2,3)4/h5-7,10-13,18H,8-9,14H2,1-4H3,(H2,27,28)/t18-/m1/s1. The molecule has 0 saturated carbocycles. The molecule has 4 rings (SSSR count). The number of anilines is 1. The van der Waals surface area contributed by atoms with Crippen LogP contribution in [-0.2, 0) is 4.74 Å². The van der Waals surface area contributed by atoms with Gasteiger partial charge in [-0.15, -0.1) is 0 Å². The predicted molar refractivity (Wildman–Crippen MR) is 123 cm³/mol. The molecule has 0 bridgehead atoms. The highest BCUT2D eigenvalue weighted by molar-refractivity contribution is 5.94. The van der Waals surface area contributed by atoms with Crippen molar-refractivity contribution in [3.63, 3.8) is 0 Å². The van der Waals surface area contributed by atoms with Gasteiger partial charge in [-0.05, 0) is 63.1 Å². The summed E-state index contributed by atoms with van der Waals surface area (Å²) in [6.45, 7) is 8.37. The molecule has 0 aliphatic carbocycles. The molecule has 1 aliphatic rings. The number of hydrogen-bond acceptors (Lipinski definition) is 5. The van der Waals surface area contributed by atoms with Crippen LogP contribution in [0.25, 0.3) is 21.9 Å². The van der Waals surface area contributed by atoms with Crippen LogP contribution in [-0.4, -0.2) is 40.8 Å². The van der Waals surface area contributed by atoms with Gasteiger partial charge in [0.1, 0.15) is 29.1 Å². The van der Waals surface area contributed by atoms with Gasteiger partial charge < -0.3 is 20.1 Å². The maximum Gasteiger partial charge on any atom is 0.410 e. The van der Waals surface area contributed by atoms with Crippen LogP contribution in [0.5, 0.6) is 5.75 Å². The van der Waals surface area contributed by atoms with Crippen LogP contribution in [0.15, 0.2) is 42.6 Å². The van der Waals surface area contributed by atoms with Gasteiger partial charge in [0.25, 0.3) is 0 Å². The van der Waals surface area contributed by atoms with Crippen LogP contribution in [0.1, 0.15) is 32.8 Å². The number of rotatable bonds is 3. The van der Waals surface area contributed by atoms with E-state index in [1.807, 2.05) is 45.9 Å². The van der Waals surface area contributed by atoms with Gasteiger partial charge in [-0.1, -0.05) is 12.1 Å². The van der Waals surface area contributed by atoms with Crippen LogP contribution in [0.4, 0.5) is 15.0 Å². The summed E-state index contributed by atoms with van der Waals surface area (Å²) < 4.78 is 26.5. The Balaban J connectivity index is 1.66. The average molecular weight is 438 g/mol. The number of nitrogens with two attached hydrogens (primary N) is 1. The molecule has 7 heteroatoms. The predicted octanol–water partition coefficient (Wildman–Crippen LogP) is 5.32. The van der Waals surface area contributed by atoms with Crippen molar-refractivity contribution in [3.05, 3.63) is 54.0 Å². The van der Waals surface area contributed by atoms with Gasteiger partial charge in [-0.3, -0.25) is 0 Å². The molecule has 32 heavy (non-hydrogen) atoms. The highest BCUT2D eigenvalue weighted by atomic mass is 19.1. The van der Waals surface area contributed by atoms with Crippen molar-refractivity contribution >= 4 is 22.7 Å². The minimum atomic E-state index is -0.553. The maximum absolute atomic E-state index is 14.7. The van der Waals surface area contributed by atoms with E-state index in [1.54, 1.807) is 23.2 Å². The summed E-state index contributed by atoms with van der Waals surface area (Å²) in [6, 6.07) is 10.5. The van der Waals surface area contributed by atoms with E-state index in [4.69, 9.17) is 15.2 Å². The number of aromatic nitrogens is 1. The zero-order chi connectivity index (χ0) is 23.0. The summed E-state index contributed by atoms with van der Waals surface area (Å²) in [5.41, 5.74) is 7.43. The zero-order valence-corrected chi connectivity index (χ0v) is 18.8. The molecule has 168 valence electrons. The van der Waals surface area contributed by atoms with Gasteiger partial charge in [-0.25, -0.2) is 14.2 Å². The van der Waals surface area contributed by atoms with Crippen molar-refractivity contribution in [2.45, 2.75) is 45.8 Å². The van der Waals surface area contributed by atoms with Gasteiger partial charge in [0.15, 0.2) is 0 Å². The molecule has 1 aromatic heterocycles. The second-order valence-corrected chi connectivity index (χ2v) is 9.19. The Morgan fingerprint density at radius 2 is 2.03 bits per heavy atom. The van der Waals surface area contributed by atoms with Gasteiger partial charge in [0.05, 0.1) is 6.54 Å². The topological polar surface area (TPSA) is 77.7 Å². The number of fused-ring (bicyclic) bond motifs is 1. The lowest BCUT2D eigenvalue weighted by Crippen LogP contribution is -2.36. The van der Waals surface area contributed by atoms with Crippen molar-refractivity contribution in [2.24, 2.45) is 0 Å². The third kappa shape index (κ3) is 4.61. The summed E-state index contributed by atoms with van der Waals surface area (Å²) in [6.07, 6.45) is 1.78. The Kier molecular flexibility index (Phi) is 5.67. The summed E-state index contributed by atoms with van der Waals surface area (Å²) in [4.78, 5) is 18.3. The van der Waals surface area contributed by atoms with Crippen LogP contribution < -0.4 is 10.5 Å². The first-order valence-electron chi connectivity index (χ1n) is 10.7. The quantitative estimate of drug-likeness (QED) is 0.600. The normalized spacial score (nSPS) is 16.4. The first kappa shape index (κ1) is 21.9. The third-order valence-corrected chi connectivity index (χ3v) is 5.42. The summed E-state index contributed by atoms with van der Waals surface area (Å²) in [5.74, 6) is 0.667. The molecule has 2 aromatic carbocycles. The number of nitrogens with zero attached hydrogens (tertiary/aromatic N) is 2. The second kappa shape index (κ2) is 8.30. The molecule has 6 nitrogen and oxygen atoms in total. The Morgan fingerprint density at radius 3 is 2.75 bits per heavy atom. The van der Waals surface area contributed by atoms with E-state index in [9.17, 15) is 9.18 Å². The summed E-state index contributed by atoms with van der Waals surface area (Å²) in [7, 11) is 0. The fraction of sp³-hybridized carbons (Fsp3) is 0.360. The highest BCUT2D eigenvalue weighted by Gasteiger charge is 2.31. The van der Waals surface area contributed by atoms with Crippen molar-refractivity contribution < 1.29 is 18.7 Å². The molecule has 2 N–H and O–H groups in total. The molecule has 1 fully saturated rings. The van der Waals surface area contributed by atoms with Crippen molar-refractivity contribution in [1.29, 1.82) is 0 Å². The van der Waals surface area contributed by atoms with Crippen LogP contribution in [0, 0.1) is 12.7 Å². The Hall–Kier alpha value is -3.35. The SMILES string of the molecule is Cc1cccc(F)c1-c1cc(O[C@@H]2CCN(C(=O)OC(C)(C)C)C2)c2cc(N)ncc2c1. The molecule has 0 unspecified atom stereocenters. The third-order valence-electron chi connectivity index (χ3n) is 5.42. The maximum atomic E-state index is 14.7. The summed E-state index contributed by atoms with van der Waals surface area (Å²) >= 11 is 0. The summed E-state index contributed by atoms with van der Waals surface area (Å²) in [5, 5.41) is 1.60. The molecule has 1 saturated heterocycles. The number of ether oxygens (including phenoxy) is 2. The smallest absolute Gasteiger partial charge is 0.410 e. The number of likely N-dealkylation sites (tertiary alicyclic amines) is 1. The molecular formula is C25H28FN3O3. The van der Waals surface area contributed by atoms with Crippen LogP contribution >= 0.6 is 0 Å². The minimum Gasteiger partial charge on any atom is -0.488 e. The Labute approximate surface area is 187 Å². The number of nitrogen functional groups attached to an aromatic ring is 1. The average Bonchev–Trinajstić information content (AvgIpc) is 3.16. The number of benzene rings is 2. The van der Waals surface area contributed by atoms with E-state index in [0.717, 1.165) is 16.3 Å². The molecule has 3 aromatic rings. The number of carbonyl (C=O) groups excluding carboxylic acids is 1. The lowest BCUT2D eigenvalue weighted by Gasteiger charge is -2.24. The van der Waals surface area contributed by atoms with E-state index in [2.05, 4.69) is 4.98 Å². The first-order valence-corrected chi connectivity index (χ1v) is 10.7. The molecule has 1 atom stereocenters. The van der Waals surface area contributed by atoms with Gasteiger partial charge in [-0.2, -0.15) is 0 Å². The number of hydrogen-bond donors (Lipinski definition) is 1. The largest absolute Gasteiger partial charge is 0.488 e. The lowest BCUT2D eigenvalue weighted by atomic mass is 9.97. The second-order valence-electron chi connectivity index (χ2n) is 9.19. The number of halogens is 1. The molecule has 0 spiro atoms. The van der Waals surface area contributed by atoms with Gasteiger partial charge in [0, 0.05) is 35.5 Å². The van der Waals surface area contributed by atoms with Crippen LogP contribution in [0.3, 0.4) is 0 Å². The Bertz CT molecular complexity index is 1150. The lowest BCUT2D eigenvalue weighted by molar-refractivity contribution is 0.0276. The first-order chi connectivity index (χ1) is 15.1. The molecule has 0 radical (unpaired) electrons.